The highest BCUT2D eigenvalue weighted by atomic mass is 16.4. The van der Waals surface area contributed by atoms with Gasteiger partial charge in [-0.05, 0) is 19.1 Å². The fourth-order valence-electron chi connectivity index (χ4n) is 1.75. The van der Waals surface area contributed by atoms with Gasteiger partial charge in [-0.3, -0.25) is 0 Å². The Morgan fingerprint density at radius 2 is 1.72 bits per heavy atom. The Labute approximate surface area is 104 Å². The van der Waals surface area contributed by atoms with Gasteiger partial charge >= 0.3 is 0 Å². The van der Waals surface area contributed by atoms with Crippen LogP contribution < -0.4 is 0 Å². The summed E-state index contributed by atoms with van der Waals surface area (Å²) in [6, 6.07) is 7.17. The van der Waals surface area contributed by atoms with Gasteiger partial charge in [-0.1, -0.05) is 12.1 Å². The maximum absolute atomic E-state index is 9.89. The van der Waals surface area contributed by atoms with Crippen LogP contribution in [-0.2, 0) is 0 Å². The van der Waals surface area contributed by atoms with Gasteiger partial charge in [-0.2, -0.15) is 0 Å². The van der Waals surface area contributed by atoms with E-state index in [4.69, 9.17) is 0 Å². The van der Waals surface area contributed by atoms with Crippen LogP contribution in [-0.4, -0.2) is 48.7 Å². The summed E-state index contributed by atoms with van der Waals surface area (Å²) in [6.07, 6.45) is -5.47. The van der Waals surface area contributed by atoms with Gasteiger partial charge in [0.1, 0.15) is 24.1 Å². The van der Waals surface area contributed by atoms with Crippen LogP contribution in [0.4, 0.5) is 0 Å². The molecule has 0 amide bonds. The van der Waals surface area contributed by atoms with Crippen LogP contribution in [0.15, 0.2) is 24.3 Å². The van der Waals surface area contributed by atoms with Crippen LogP contribution in [0.2, 0.25) is 0 Å². The van der Waals surface area contributed by atoms with E-state index >= 15 is 0 Å². The molecule has 98 valence electrons. The van der Waals surface area contributed by atoms with Gasteiger partial charge in [-0.15, -0.1) is 0 Å². The third-order valence-corrected chi connectivity index (χ3v) is 2.86. The number of nitrogens with zero attached hydrogens (tertiary/aromatic N) is 1. The van der Waals surface area contributed by atoms with Gasteiger partial charge in [0.05, 0.1) is 17.1 Å². The molecule has 0 saturated carbocycles. The summed E-state index contributed by atoms with van der Waals surface area (Å²) in [5.41, 5.74) is 1.38. The molecule has 6 nitrogen and oxygen atoms in total. The van der Waals surface area contributed by atoms with Gasteiger partial charge in [0.2, 0.25) is 0 Å². The number of para-hydroxylation sites is 2. The molecule has 18 heavy (non-hydrogen) atoms. The monoisotopic (exact) mass is 252 g/mol. The van der Waals surface area contributed by atoms with Crippen molar-refractivity contribution >= 4 is 11.0 Å². The predicted octanol–water partition coefficient (Wildman–Crippen LogP) is -0.301. The molecule has 0 fully saturated rings. The van der Waals surface area contributed by atoms with Gasteiger partial charge in [0.25, 0.3) is 0 Å². The van der Waals surface area contributed by atoms with Crippen molar-refractivity contribution in [1.29, 1.82) is 0 Å². The maximum atomic E-state index is 9.89. The zero-order valence-corrected chi connectivity index (χ0v) is 9.85. The number of hydrogen-bond acceptors (Lipinski definition) is 5. The van der Waals surface area contributed by atoms with Crippen molar-refractivity contribution in [2.75, 3.05) is 0 Å². The molecule has 0 aliphatic carbocycles. The van der Waals surface area contributed by atoms with Gasteiger partial charge in [0, 0.05) is 0 Å². The minimum absolute atomic E-state index is 0.156. The molecule has 0 unspecified atom stereocenters. The number of nitrogens with one attached hydrogen (secondary N) is 1. The molecular formula is C12H16N2O4. The molecular weight excluding hydrogens is 236 g/mol. The van der Waals surface area contributed by atoms with E-state index in [0.717, 1.165) is 5.52 Å². The molecule has 2 aromatic rings. The Morgan fingerprint density at radius 1 is 1.06 bits per heavy atom. The molecule has 1 aromatic heterocycles. The fourth-order valence-corrected chi connectivity index (χ4v) is 1.75. The number of rotatable bonds is 4. The zero-order chi connectivity index (χ0) is 13.3. The fraction of sp³-hybridized carbons (Fsp3) is 0.417. The number of fused-ring (bicyclic) bond motifs is 1. The molecule has 4 atom stereocenters. The summed E-state index contributed by atoms with van der Waals surface area (Å²) in [5, 5.41) is 38.3. The first-order chi connectivity index (χ1) is 8.50. The van der Waals surface area contributed by atoms with E-state index in [9.17, 15) is 20.4 Å². The number of benzene rings is 1. The zero-order valence-electron chi connectivity index (χ0n) is 9.85. The van der Waals surface area contributed by atoms with E-state index in [0.29, 0.717) is 5.52 Å². The van der Waals surface area contributed by atoms with Crippen molar-refractivity contribution in [2.24, 2.45) is 0 Å². The van der Waals surface area contributed by atoms with Gasteiger partial charge in [0.15, 0.2) is 0 Å². The lowest BCUT2D eigenvalue weighted by molar-refractivity contribution is -0.103. The van der Waals surface area contributed by atoms with Crippen molar-refractivity contribution in [3.8, 4) is 0 Å². The topological polar surface area (TPSA) is 110 Å². The first-order valence-electron chi connectivity index (χ1n) is 5.67. The van der Waals surface area contributed by atoms with Crippen LogP contribution in [0.25, 0.3) is 11.0 Å². The molecule has 1 heterocycles. The summed E-state index contributed by atoms with van der Waals surface area (Å²) < 4.78 is 0. The molecule has 0 radical (unpaired) electrons. The Morgan fingerprint density at radius 3 is 2.33 bits per heavy atom. The lowest BCUT2D eigenvalue weighted by atomic mass is 10.0. The lowest BCUT2D eigenvalue weighted by Crippen LogP contribution is -2.39. The Hall–Kier alpha value is -1.47. The summed E-state index contributed by atoms with van der Waals surface area (Å²) in [4.78, 5) is 6.97. The normalized spacial score (nSPS) is 18.5. The third kappa shape index (κ3) is 2.37. The number of H-pyrrole nitrogens is 1. The van der Waals surface area contributed by atoms with Gasteiger partial charge < -0.3 is 25.4 Å². The van der Waals surface area contributed by atoms with E-state index in [-0.39, 0.29) is 5.82 Å². The Balaban J connectivity index is 2.25. The van der Waals surface area contributed by atoms with Crippen LogP contribution in [0.1, 0.15) is 18.9 Å². The highest BCUT2D eigenvalue weighted by Crippen LogP contribution is 2.21. The van der Waals surface area contributed by atoms with E-state index in [1.807, 2.05) is 6.07 Å². The first-order valence-corrected chi connectivity index (χ1v) is 5.67. The van der Waals surface area contributed by atoms with Crippen LogP contribution in [0, 0.1) is 0 Å². The van der Waals surface area contributed by atoms with E-state index in [1.165, 1.54) is 6.92 Å². The first kappa shape index (κ1) is 13.0. The summed E-state index contributed by atoms with van der Waals surface area (Å²) in [7, 11) is 0. The van der Waals surface area contributed by atoms with E-state index in [1.54, 1.807) is 18.2 Å². The van der Waals surface area contributed by atoms with Crippen molar-refractivity contribution in [3.63, 3.8) is 0 Å². The highest BCUT2D eigenvalue weighted by molar-refractivity contribution is 5.74. The number of aromatic amines is 1. The summed E-state index contributed by atoms with van der Waals surface area (Å²) in [5.74, 6) is 0.156. The Kier molecular flexibility index (Phi) is 3.63. The lowest BCUT2D eigenvalue weighted by Gasteiger charge is -2.23. The van der Waals surface area contributed by atoms with Crippen LogP contribution >= 0.6 is 0 Å². The van der Waals surface area contributed by atoms with E-state index in [2.05, 4.69) is 9.97 Å². The smallest absolute Gasteiger partial charge is 0.140 e. The minimum atomic E-state index is -1.51. The van der Waals surface area contributed by atoms with E-state index < -0.39 is 24.4 Å². The van der Waals surface area contributed by atoms with Crippen molar-refractivity contribution < 1.29 is 20.4 Å². The molecule has 6 heteroatoms. The molecule has 0 aliphatic heterocycles. The standard InChI is InChI=1S/C12H16N2O4/c1-6(15)9(16)10(17)11(18)12-13-7-4-2-3-5-8(7)14-12/h2-6,9-11,15-18H,1H3,(H,13,14)/t6-,9-,10+,11-/m0/s1. The summed E-state index contributed by atoms with van der Waals surface area (Å²) >= 11 is 0. The minimum Gasteiger partial charge on any atom is -0.391 e. The van der Waals surface area contributed by atoms with Crippen molar-refractivity contribution in [1.82, 2.24) is 9.97 Å². The SMILES string of the molecule is C[C@H](O)[C@H](O)[C@@H](O)[C@H](O)c1nc2ccccc2[nH]1. The molecule has 2 rings (SSSR count). The van der Waals surface area contributed by atoms with Crippen LogP contribution in [0.5, 0.6) is 0 Å². The molecule has 5 N–H and O–H groups in total. The largest absolute Gasteiger partial charge is 0.391 e. The molecule has 0 spiro atoms. The van der Waals surface area contributed by atoms with Crippen molar-refractivity contribution in [3.05, 3.63) is 30.1 Å². The maximum Gasteiger partial charge on any atom is 0.140 e. The number of aromatic nitrogens is 2. The average Bonchev–Trinajstić information content (AvgIpc) is 2.79. The molecule has 0 saturated heterocycles. The second kappa shape index (κ2) is 5.03. The quantitative estimate of drug-likeness (QED) is 0.513. The third-order valence-electron chi connectivity index (χ3n) is 2.86. The van der Waals surface area contributed by atoms with Gasteiger partial charge in [-0.25, -0.2) is 4.98 Å². The highest BCUT2D eigenvalue weighted by Gasteiger charge is 2.30. The molecule has 0 aliphatic rings. The second-order valence-corrected chi connectivity index (χ2v) is 4.31. The average molecular weight is 252 g/mol. The number of aliphatic hydroxyl groups is 4. The number of aliphatic hydroxyl groups excluding tert-OH is 4. The van der Waals surface area contributed by atoms with Crippen molar-refractivity contribution in [2.45, 2.75) is 31.3 Å². The number of imidazole rings is 1. The summed E-state index contributed by atoms with van der Waals surface area (Å²) in [6.45, 7) is 1.33. The predicted molar refractivity (Wildman–Crippen MR) is 64.7 cm³/mol. The van der Waals surface area contributed by atoms with Crippen LogP contribution in [0.3, 0.4) is 0 Å². The number of hydrogen-bond donors (Lipinski definition) is 5. The Bertz CT molecular complexity index is 493. The molecule has 1 aromatic carbocycles. The second-order valence-electron chi connectivity index (χ2n) is 4.31. The molecule has 0 bridgehead atoms.